The molecule has 0 bridgehead atoms. The highest BCUT2D eigenvalue weighted by molar-refractivity contribution is 5.91. The second-order valence-corrected chi connectivity index (χ2v) is 6.96. The van der Waals surface area contributed by atoms with Crippen LogP contribution in [0.1, 0.15) is 56.6 Å². The van der Waals surface area contributed by atoms with Gasteiger partial charge in [0.1, 0.15) is 0 Å². The molecule has 1 aliphatic rings. The number of aryl methyl sites for hydroxylation is 2. The molecule has 0 atom stereocenters. The smallest absolute Gasteiger partial charge is 0.226 e. The molecule has 4 heteroatoms. The van der Waals surface area contributed by atoms with Crippen LogP contribution in [-0.4, -0.2) is 29.8 Å². The molecule has 1 aromatic rings. The molecule has 0 unspecified atom stereocenters. The fourth-order valence-electron chi connectivity index (χ4n) is 3.12. The summed E-state index contributed by atoms with van der Waals surface area (Å²) in [6.07, 6.45) is 8.41. The minimum absolute atomic E-state index is 0.0374. The van der Waals surface area contributed by atoms with Crippen molar-refractivity contribution in [3.8, 4) is 0 Å². The quantitative estimate of drug-likeness (QED) is 0.748. The molecule has 0 aromatic heterocycles. The van der Waals surface area contributed by atoms with E-state index >= 15 is 0 Å². The van der Waals surface area contributed by atoms with Crippen molar-refractivity contribution in [2.45, 2.75) is 59.3 Å². The number of carbonyl (C=O) groups is 2. The highest BCUT2D eigenvalue weighted by atomic mass is 16.2. The van der Waals surface area contributed by atoms with Gasteiger partial charge < -0.3 is 10.2 Å². The lowest BCUT2D eigenvalue weighted by Gasteiger charge is -2.22. The fraction of sp³-hybridized carbons (Fsp3) is 0.524. The Morgan fingerprint density at radius 3 is 2.56 bits per heavy atom. The summed E-state index contributed by atoms with van der Waals surface area (Å²) in [6, 6.07) is 5.90. The number of rotatable bonds is 7. The average Bonchev–Trinajstić information content (AvgIpc) is 2.58. The lowest BCUT2D eigenvalue weighted by atomic mass is 9.97. The van der Waals surface area contributed by atoms with Crippen LogP contribution < -0.4 is 5.32 Å². The standard InChI is InChI=1S/C21H30N2O2/c1-16-9-10-20(15-17(16)2)22-21(25)12-14-23(18(3)24)13-11-19-7-5-4-6-8-19/h7,9-10,15H,4-6,8,11-14H2,1-3H3,(H,22,25). The van der Waals surface area contributed by atoms with E-state index in [1.807, 2.05) is 32.0 Å². The van der Waals surface area contributed by atoms with Crippen molar-refractivity contribution in [1.29, 1.82) is 0 Å². The number of anilines is 1. The van der Waals surface area contributed by atoms with Gasteiger partial charge in [-0.1, -0.05) is 17.7 Å². The molecule has 0 saturated carbocycles. The van der Waals surface area contributed by atoms with Crippen LogP contribution in [-0.2, 0) is 9.59 Å². The number of allylic oxidation sites excluding steroid dienone is 1. The van der Waals surface area contributed by atoms with Crippen LogP contribution in [0.3, 0.4) is 0 Å². The molecule has 1 N–H and O–H groups in total. The predicted octanol–water partition coefficient (Wildman–Crippen LogP) is 4.37. The Morgan fingerprint density at radius 1 is 1.12 bits per heavy atom. The Kier molecular flexibility index (Phi) is 7.23. The summed E-state index contributed by atoms with van der Waals surface area (Å²) in [4.78, 5) is 25.8. The van der Waals surface area contributed by atoms with Gasteiger partial charge in [-0.25, -0.2) is 0 Å². The first-order chi connectivity index (χ1) is 12.0. The zero-order valence-corrected chi connectivity index (χ0v) is 15.7. The van der Waals surface area contributed by atoms with E-state index in [1.165, 1.54) is 24.0 Å². The molecule has 4 nitrogen and oxygen atoms in total. The number of nitrogens with one attached hydrogen (secondary N) is 1. The summed E-state index contributed by atoms with van der Waals surface area (Å²) >= 11 is 0. The van der Waals surface area contributed by atoms with E-state index in [0.29, 0.717) is 19.5 Å². The maximum Gasteiger partial charge on any atom is 0.226 e. The molecule has 2 amide bonds. The minimum Gasteiger partial charge on any atom is -0.342 e. The molecular formula is C21H30N2O2. The topological polar surface area (TPSA) is 49.4 Å². The largest absolute Gasteiger partial charge is 0.342 e. The number of benzene rings is 1. The number of amides is 2. The second-order valence-electron chi connectivity index (χ2n) is 6.96. The van der Waals surface area contributed by atoms with Gasteiger partial charge in [0.25, 0.3) is 0 Å². The van der Waals surface area contributed by atoms with Gasteiger partial charge in [-0.2, -0.15) is 0 Å². The van der Waals surface area contributed by atoms with E-state index in [4.69, 9.17) is 0 Å². The second kappa shape index (κ2) is 9.40. The van der Waals surface area contributed by atoms with E-state index in [9.17, 15) is 9.59 Å². The highest BCUT2D eigenvalue weighted by Gasteiger charge is 2.13. The molecule has 0 fully saturated rings. The van der Waals surface area contributed by atoms with E-state index in [0.717, 1.165) is 30.5 Å². The Bertz CT molecular complexity index is 649. The molecule has 2 rings (SSSR count). The first-order valence-corrected chi connectivity index (χ1v) is 9.26. The van der Waals surface area contributed by atoms with Crippen LogP contribution in [0.2, 0.25) is 0 Å². The monoisotopic (exact) mass is 342 g/mol. The van der Waals surface area contributed by atoms with E-state index in [2.05, 4.69) is 11.4 Å². The highest BCUT2D eigenvalue weighted by Crippen LogP contribution is 2.20. The van der Waals surface area contributed by atoms with Crippen molar-refractivity contribution in [3.63, 3.8) is 0 Å². The third-order valence-corrected chi connectivity index (χ3v) is 4.93. The van der Waals surface area contributed by atoms with Crippen molar-refractivity contribution in [2.75, 3.05) is 18.4 Å². The molecule has 1 aliphatic carbocycles. The normalized spacial score (nSPS) is 14.0. The zero-order chi connectivity index (χ0) is 18.2. The van der Waals surface area contributed by atoms with Crippen molar-refractivity contribution in [1.82, 2.24) is 4.90 Å². The van der Waals surface area contributed by atoms with Crippen molar-refractivity contribution < 1.29 is 9.59 Å². The molecule has 0 spiro atoms. The SMILES string of the molecule is CC(=O)N(CCC(=O)Nc1ccc(C)c(C)c1)CCC1=CCCCC1. The summed E-state index contributed by atoms with van der Waals surface area (Å²) in [7, 11) is 0. The molecule has 0 heterocycles. The third kappa shape index (κ3) is 6.37. The van der Waals surface area contributed by atoms with Crippen LogP contribution in [0, 0.1) is 13.8 Å². The Morgan fingerprint density at radius 2 is 1.92 bits per heavy atom. The van der Waals surface area contributed by atoms with Crippen molar-refractivity contribution in [3.05, 3.63) is 41.0 Å². The Hall–Kier alpha value is -2.10. The third-order valence-electron chi connectivity index (χ3n) is 4.93. The van der Waals surface area contributed by atoms with Gasteiger partial charge in [-0.05, 0) is 69.2 Å². The van der Waals surface area contributed by atoms with Crippen LogP contribution in [0.5, 0.6) is 0 Å². The van der Waals surface area contributed by atoms with Gasteiger partial charge in [0.2, 0.25) is 11.8 Å². The number of hydrogen-bond acceptors (Lipinski definition) is 2. The molecule has 0 aliphatic heterocycles. The van der Waals surface area contributed by atoms with Gasteiger partial charge in [-0.15, -0.1) is 0 Å². The minimum atomic E-state index is -0.0496. The van der Waals surface area contributed by atoms with Crippen molar-refractivity contribution >= 4 is 17.5 Å². The zero-order valence-electron chi connectivity index (χ0n) is 15.7. The van der Waals surface area contributed by atoms with Crippen LogP contribution in [0.15, 0.2) is 29.8 Å². The van der Waals surface area contributed by atoms with Gasteiger partial charge in [0, 0.05) is 32.1 Å². The van der Waals surface area contributed by atoms with Gasteiger partial charge in [-0.3, -0.25) is 9.59 Å². The average molecular weight is 342 g/mol. The number of nitrogens with zero attached hydrogens (tertiary/aromatic N) is 1. The van der Waals surface area contributed by atoms with Crippen LogP contribution in [0.4, 0.5) is 5.69 Å². The molecule has 25 heavy (non-hydrogen) atoms. The van der Waals surface area contributed by atoms with Gasteiger partial charge in [0.15, 0.2) is 0 Å². The molecular weight excluding hydrogens is 312 g/mol. The summed E-state index contributed by atoms with van der Waals surface area (Å²) < 4.78 is 0. The first kappa shape index (κ1) is 19.2. The van der Waals surface area contributed by atoms with E-state index < -0.39 is 0 Å². The van der Waals surface area contributed by atoms with Gasteiger partial charge in [0.05, 0.1) is 0 Å². The van der Waals surface area contributed by atoms with Crippen LogP contribution >= 0.6 is 0 Å². The van der Waals surface area contributed by atoms with E-state index in [-0.39, 0.29) is 11.8 Å². The maximum atomic E-state index is 12.2. The molecule has 0 saturated heterocycles. The fourth-order valence-corrected chi connectivity index (χ4v) is 3.12. The van der Waals surface area contributed by atoms with Gasteiger partial charge >= 0.3 is 0 Å². The molecule has 1 aromatic carbocycles. The summed E-state index contributed by atoms with van der Waals surface area (Å²) in [5.41, 5.74) is 4.63. The Balaban J connectivity index is 1.80. The molecule has 0 radical (unpaired) electrons. The number of carbonyl (C=O) groups excluding carboxylic acids is 2. The maximum absolute atomic E-state index is 12.2. The lowest BCUT2D eigenvalue weighted by Crippen LogP contribution is -2.33. The number of hydrogen-bond donors (Lipinski definition) is 1. The predicted molar refractivity (Wildman–Crippen MR) is 103 cm³/mol. The Labute approximate surface area is 151 Å². The van der Waals surface area contributed by atoms with E-state index in [1.54, 1.807) is 11.8 Å². The van der Waals surface area contributed by atoms with Crippen LogP contribution in [0.25, 0.3) is 0 Å². The molecule has 136 valence electrons. The first-order valence-electron chi connectivity index (χ1n) is 9.26. The summed E-state index contributed by atoms with van der Waals surface area (Å²) in [6.45, 7) is 6.84. The van der Waals surface area contributed by atoms with Crippen molar-refractivity contribution in [2.24, 2.45) is 0 Å². The lowest BCUT2D eigenvalue weighted by molar-refractivity contribution is -0.129. The summed E-state index contributed by atoms with van der Waals surface area (Å²) in [5, 5.41) is 2.92. The summed E-state index contributed by atoms with van der Waals surface area (Å²) in [5.74, 6) is -0.0122.